The Hall–Kier alpha value is -1.92. The van der Waals surface area contributed by atoms with Gasteiger partial charge in [0.25, 0.3) is 5.91 Å². The number of hydrogen-bond acceptors (Lipinski definition) is 5. The molecule has 0 aliphatic heterocycles. The van der Waals surface area contributed by atoms with Crippen LogP contribution >= 0.6 is 22.9 Å². The van der Waals surface area contributed by atoms with Crippen molar-refractivity contribution in [3.63, 3.8) is 0 Å². The number of halogens is 1. The molecule has 0 fully saturated rings. The molecular formula is C12H9ClN2O3S. The lowest BCUT2D eigenvalue weighted by Crippen LogP contribution is -2.11. The van der Waals surface area contributed by atoms with Gasteiger partial charge in [0.2, 0.25) is 0 Å². The van der Waals surface area contributed by atoms with Crippen LogP contribution in [0.5, 0.6) is 5.75 Å². The molecule has 7 heteroatoms. The van der Waals surface area contributed by atoms with Crippen molar-refractivity contribution in [2.24, 2.45) is 0 Å². The predicted octanol–water partition coefficient (Wildman–Crippen LogP) is 2.96. The zero-order chi connectivity index (χ0) is 14.0. The van der Waals surface area contributed by atoms with Crippen molar-refractivity contribution in [3.8, 4) is 5.75 Å². The molecule has 2 rings (SSSR count). The zero-order valence-electron chi connectivity index (χ0n) is 9.81. The Morgan fingerprint density at radius 2 is 2.16 bits per heavy atom. The number of anilines is 1. The van der Waals surface area contributed by atoms with Crippen LogP contribution in [0.1, 0.15) is 27.8 Å². The lowest BCUT2D eigenvalue weighted by Gasteiger charge is -2.03. The van der Waals surface area contributed by atoms with Crippen molar-refractivity contribution in [3.05, 3.63) is 39.9 Å². The van der Waals surface area contributed by atoms with Gasteiger partial charge in [-0.1, -0.05) is 11.6 Å². The summed E-state index contributed by atoms with van der Waals surface area (Å²) in [5.41, 5.74) is 0.603. The number of phenolic OH excluding ortho intramolecular Hbond substituents is 1. The van der Waals surface area contributed by atoms with E-state index in [1.165, 1.54) is 25.1 Å². The van der Waals surface area contributed by atoms with Gasteiger partial charge in [-0.15, -0.1) is 11.3 Å². The van der Waals surface area contributed by atoms with E-state index in [9.17, 15) is 14.7 Å². The van der Waals surface area contributed by atoms with Gasteiger partial charge < -0.3 is 5.11 Å². The van der Waals surface area contributed by atoms with Gasteiger partial charge in [0, 0.05) is 17.9 Å². The highest BCUT2D eigenvalue weighted by atomic mass is 35.5. The van der Waals surface area contributed by atoms with E-state index in [0.29, 0.717) is 16.4 Å². The van der Waals surface area contributed by atoms with Crippen molar-refractivity contribution < 1.29 is 14.7 Å². The average molecular weight is 297 g/mol. The van der Waals surface area contributed by atoms with E-state index in [4.69, 9.17) is 11.6 Å². The second kappa shape index (κ2) is 5.38. The van der Waals surface area contributed by atoms with Gasteiger partial charge >= 0.3 is 0 Å². The molecular weight excluding hydrogens is 288 g/mol. The highest BCUT2D eigenvalue weighted by molar-refractivity contribution is 7.14. The van der Waals surface area contributed by atoms with Gasteiger partial charge in [0.15, 0.2) is 10.9 Å². The molecule has 0 aliphatic carbocycles. The third-order valence-electron chi connectivity index (χ3n) is 2.30. The minimum Gasteiger partial charge on any atom is -0.506 e. The monoisotopic (exact) mass is 296 g/mol. The van der Waals surface area contributed by atoms with Gasteiger partial charge in [-0.05, 0) is 18.2 Å². The molecule has 1 heterocycles. The van der Waals surface area contributed by atoms with E-state index in [0.717, 1.165) is 11.3 Å². The smallest absolute Gasteiger partial charge is 0.257 e. The van der Waals surface area contributed by atoms with Crippen molar-refractivity contribution in [1.29, 1.82) is 0 Å². The molecule has 0 spiro atoms. The van der Waals surface area contributed by atoms with E-state index < -0.39 is 5.91 Å². The minimum absolute atomic E-state index is 0.0914. The maximum atomic E-state index is 11.9. The Labute approximate surface area is 117 Å². The number of ketones is 1. The van der Waals surface area contributed by atoms with Crippen LogP contribution in [0.15, 0.2) is 23.6 Å². The van der Waals surface area contributed by atoms with Gasteiger partial charge in [-0.25, -0.2) is 4.98 Å². The molecule has 0 atom stereocenters. The van der Waals surface area contributed by atoms with Gasteiger partial charge in [0.05, 0.1) is 5.02 Å². The van der Waals surface area contributed by atoms with E-state index in [1.807, 2.05) is 0 Å². The van der Waals surface area contributed by atoms with Crippen LogP contribution in [0, 0.1) is 0 Å². The topological polar surface area (TPSA) is 79.3 Å². The molecule has 98 valence electrons. The number of nitrogens with one attached hydrogen (secondary N) is 1. The van der Waals surface area contributed by atoms with Gasteiger partial charge in [-0.3, -0.25) is 14.9 Å². The summed E-state index contributed by atoms with van der Waals surface area (Å²) in [6.07, 6.45) is 0. The van der Waals surface area contributed by atoms with E-state index in [2.05, 4.69) is 10.3 Å². The molecule has 0 bridgehead atoms. The molecule has 0 unspecified atom stereocenters. The first-order valence-corrected chi connectivity index (χ1v) is 6.49. The molecule has 2 aromatic rings. The number of aromatic hydroxyl groups is 1. The summed E-state index contributed by atoms with van der Waals surface area (Å²) >= 11 is 6.88. The van der Waals surface area contributed by atoms with Crippen molar-refractivity contribution in [1.82, 2.24) is 4.98 Å². The fraction of sp³-hybridized carbons (Fsp3) is 0.0833. The molecule has 0 aliphatic rings. The fourth-order valence-corrected chi connectivity index (χ4v) is 2.24. The lowest BCUT2D eigenvalue weighted by molar-refractivity contribution is 0.100. The normalized spacial score (nSPS) is 10.2. The summed E-state index contributed by atoms with van der Waals surface area (Å²) in [5, 5.41) is 13.8. The first-order valence-electron chi connectivity index (χ1n) is 5.23. The molecule has 0 radical (unpaired) electrons. The largest absolute Gasteiger partial charge is 0.506 e. The Morgan fingerprint density at radius 3 is 2.74 bits per heavy atom. The van der Waals surface area contributed by atoms with Crippen molar-refractivity contribution in [2.45, 2.75) is 6.92 Å². The number of benzene rings is 1. The molecule has 1 aromatic heterocycles. The number of phenols is 1. The number of nitrogens with zero attached hydrogens (tertiary/aromatic N) is 1. The van der Waals surface area contributed by atoms with Crippen LogP contribution in [0.2, 0.25) is 5.02 Å². The number of rotatable bonds is 3. The highest BCUT2D eigenvalue weighted by Gasteiger charge is 2.12. The summed E-state index contributed by atoms with van der Waals surface area (Å²) < 4.78 is 0. The number of aromatic nitrogens is 1. The number of amides is 1. The average Bonchev–Trinajstić information content (AvgIpc) is 2.81. The van der Waals surface area contributed by atoms with Gasteiger partial charge in [-0.2, -0.15) is 0 Å². The second-order valence-electron chi connectivity index (χ2n) is 3.71. The Kier molecular flexibility index (Phi) is 3.82. The van der Waals surface area contributed by atoms with Crippen LogP contribution in [0.4, 0.5) is 5.13 Å². The standard InChI is InChI=1S/C12H9ClN2O3S/c1-6(16)9-5-19-12(14-9)15-11(18)7-2-3-10(17)8(13)4-7/h2-5,17H,1H3,(H,14,15,18). The third kappa shape index (κ3) is 3.10. The molecule has 5 nitrogen and oxygen atoms in total. The Balaban J connectivity index is 2.15. The summed E-state index contributed by atoms with van der Waals surface area (Å²) in [6.45, 7) is 1.40. The quantitative estimate of drug-likeness (QED) is 0.854. The maximum absolute atomic E-state index is 11.9. The Bertz CT molecular complexity index is 654. The molecule has 0 saturated heterocycles. The fourth-order valence-electron chi connectivity index (χ4n) is 1.31. The summed E-state index contributed by atoms with van der Waals surface area (Å²) in [5.74, 6) is -0.665. The highest BCUT2D eigenvalue weighted by Crippen LogP contribution is 2.24. The first kappa shape index (κ1) is 13.5. The van der Waals surface area contributed by atoms with Crippen molar-refractivity contribution >= 4 is 39.8 Å². The summed E-state index contributed by atoms with van der Waals surface area (Å²) in [6, 6.07) is 4.13. The third-order valence-corrected chi connectivity index (χ3v) is 3.36. The molecule has 1 amide bonds. The molecule has 0 saturated carbocycles. The molecule has 1 aromatic carbocycles. The van der Waals surface area contributed by atoms with Crippen LogP contribution in [0.3, 0.4) is 0 Å². The zero-order valence-corrected chi connectivity index (χ0v) is 11.4. The summed E-state index contributed by atoms with van der Waals surface area (Å²) in [4.78, 5) is 26.9. The van der Waals surface area contributed by atoms with Crippen LogP contribution in [-0.4, -0.2) is 21.8 Å². The number of thiazole rings is 1. The second-order valence-corrected chi connectivity index (χ2v) is 4.98. The van der Waals surface area contributed by atoms with E-state index in [1.54, 1.807) is 5.38 Å². The van der Waals surface area contributed by atoms with Crippen LogP contribution < -0.4 is 5.32 Å². The summed E-state index contributed by atoms with van der Waals surface area (Å²) in [7, 11) is 0. The molecule has 19 heavy (non-hydrogen) atoms. The van der Waals surface area contributed by atoms with Crippen LogP contribution in [0.25, 0.3) is 0 Å². The number of carbonyl (C=O) groups is 2. The Morgan fingerprint density at radius 1 is 1.42 bits per heavy atom. The minimum atomic E-state index is -0.411. The van der Waals surface area contributed by atoms with Crippen molar-refractivity contribution in [2.75, 3.05) is 5.32 Å². The molecule has 2 N–H and O–H groups in total. The van der Waals surface area contributed by atoms with E-state index in [-0.39, 0.29) is 16.6 Å². The van der Waals surface area contributed by atoms with E-state index >= 15 is 0 Å². The number of Topliss-reactive ketones (excluding diaryl/α,β-unsaturated/α-hetero) is 1. The first-order chi connectivity index (χ1) is 8.97. The lowest BCUT2D eigenvalue weighted by atomic mass is 10.2. The number of hydrogen-bond donors (Lipinski definition) is 2. The SMILES string of the molecule is CC(=O)c1csc(NC(=O)c2ccc(O)c(Cl)c2)n1. The maximum Gasteiger partial charge on any atom is 0.257 e. The van der Waals surface area contributed by atoms with Crippen LogP contribution in [-0.2, 0) is 0 Å². The number of carbonyl (C=O) groups excluding carboxylic acids is 2. The predicted molar refractivity (Wildman–Crippen MR) is 73.2 cm³/mol. The van der Waals surface area contributed by atoms with Gasteiger partial charge in [0.1, 0.15) is 11.4 Å².